The number of fused-ring (bicyclic) bond motifs is 3. The number of amides is 1. The third kappa shape index (κ3) is 2.85. The molecule has 2 aromatic carbocycles. The van der Waals surface area contributed by atoms with Crippen LogP contribution in [0.15, 0.2) is 42.5 Å². The summed E-state index contributed by atoms with van der Waals surface area (Å²) in [4.78, 5) is 26.8. The van der Waals surface area contributed by atoms with E-state index in [0.717, 1.165) is 41.1 Å². The lowest BCUT2D eigenvalue weighted by molar-refractivity contribution is -0.124. The molecule has 0 fully saturated rings. The summed E-state index contributed by atoms with van der Waals surface area (Å²) >= 11 is 6.08. The van der Waals surface area contributed by atoms with Crippen molar-refractivity contribution in [1.29, 1.82) is 0 Å². The average Bonchev–Trinajstić information content (AvgIpc) is 3.05. The molecular formula is C21H19ClN4O2. The monoisotopic (exact) mass is 394 g/mol. The van der Waals surface area contributed by atoms with E-state index in [1.54, 1.807) is 11.0 Å². The standard InChI is InChI=1S/C21H19ClN4O2/c1-25-9-4-10-26(20-19(25)23-15-5-2-3-6-16(15)24-20)21(27)18-12-13-11-14(22)7-8-17(13)28-18/h2-3,5-8,11,18H,4,9-10,12H2,1H3/t18-/m0/s1. The number of rotatable bonds is 1. The lowest BCUT2D eigenvalue weighted by Crippen LogP contribution is -2.42. The molecule has 142 valence electrons. The van der Waals surface area contributed by atoms with Gasteiger partial charge in [-0.05, 0) is 42.3 Å². The van der Waals surface area contributed by atoms with Crippen LogP contribution in [0.3, 0.4) is 0 Å². The molecule has 2 aliphatic rings. The first-order chi connectivity index (χ1) is 13.6. The van der Waals surface area contributed by atoms with Crippen LogP contribution in [0.25, 0.3) is 11.0 Å². The SMILES string of the molecule is CN1CCCN(C(=O)[C@@H]2Cc3cc(Cl)ccc3O2)c2nc3ccccc3nc21. The third-order valence-corrected chi connectivity index (χ3v) is 5.50. The van der Waals surface area contributed by atoms with Crippen LogP contribution in [-0.2, 0) is 11.2 Å². The number of benzene rings is 2. The molecule has 1 aromatic heterocycles. The Morgan fingerprint density at radius 2 is 1.86 bits per heavy atom. The molecule has 2 aliphatic heterocycles. The van der Waals surface area contributed by atoms with Crippen LogP contribution in [0.4, 0.5) is 11.6 Å². The molecule has 0 saturated heterocycles. The van der Waals surface area contributed by atoms with Crippen molar-refractivity contribution in [2.45, 2.75) is 18.9 Å². The Labute approximate surface area is 167 Å². The van der Waals surface area contributed by atoms with Gasteiger partial charge in [-0.2, -0.15) is 0 Å². The van der Waals surface area contributed by atoms with E-state index in [2.05, 4.69) is 4.90 Å². The minimum atomic E-state index is -0.571. The first-order valence-electron chi connectivity index (χ1n) is 9.34. The molecule has 0 unspecified atom stereocenters. The highest BCUT2D eigenvalue weighted by Crippen LogP contribution is 2.35. The second-order valence-corrected chi connectivity index (χ2v) is 7.62. The number of hydrogen-bond acceptors (Lipinski definition) is 5. The van der Waals surface area contributed by atoms with E-state index >= 15 is 0 Å². The summed E-state index contributed by atoms with van der Waals surface area (Å²) in [7, 11) is 1.99. The fourth-order valence-corrected chi connectivity index (χ4v) is 4.03. The Hall–Kier alpha value is -2.86. The molecule has 3 heterocycles. The first-order valence-corrected chi connectivity index (χ1v) is 9.72. The van der Waals surface area contributed by atoms with Gasteiger partial charge in [-0.1, -0.05) is 23.7 Å². The number of para-hydroxylation sites is 2. The van der Waals surface area contributed by atoms with E-state index < -0.39 is 6.10 Å². The van der Waals surface area contributed by atoms with Crippen molar-refractivity contribution in [1.82, 2.24) is 9.97 Å². The molecule has 5 rings (SSSR count). The van der Waals surface area contributed by atoms with Crippen LogP contribution >= 0.6 is 11.6 Å². The summed E-state index contributed by atoms with van der Waals surface area (Å²) in [5, 5.41) is 0.648. The highest BCUT2D eigenvalue weighted by Gasteiger charge is 2.36. The Bertz CT molecular complexity index is 1090. The number of carbonyl (C=O) groups excluding carboxylic acids is 1. The minimum Gasteiger partial charge on any atom is -0.480 e. The molecule has 0 N–H and O–H groups in total. The van der Waals surface area contributed by atoms with Gasteiger partial charge in [0.2, 0.25) is 0 Å². The third-order valence-electron chi connectivity index (χ3n) is 5.27. The quantitative estimate of drug-likeness (QED) is 0.632. The molecular weight excluding hydrogens is 376 g/mol. The summed E-state index contributed by atoms with van der Waals surface area (Å²) in [5.41, 5.74) is 2.56. The number of ether oxygens (including phenoxy) is 1. The molecule has 0 bridgehead atoms. The highest BCUT2D eigenvalue weighted by atomic mass is 35.5. The molecule has 1 atom stereocenters. The van der Waals surface area contributed by atoms with Crippen LogP contribution in [0.5, 0.6) is 5.75 Å². The van der Waals surface area contributed by atoms with Crippen LogP contribution in [0.2, 0.25) is 5.02 Å². The van der Waals surface area contributed by atoms with Gasteiger partial charge < -0.3 is 9.64 Å². The first kappa shape index (κ1) is 17.3. The van der Waals surface area contributed by atoms with E-state index in [1.165, 1.54) is 0 Å². The fourth-order valence-electron chi connectivity index (χ4n) is 3.84. The predicted molar refractivity (Wildman–Crippen MR) is 109 cm³/mol. The summed E-state index contributed by atoms with van der Waals surface area (Å²) in [6, 6.07) is 13.2. The summed E-state index contributed by atoms with van der Waals surface area (Å²) in [6.07, 6.45) is 0.775. The van der Waals surface area contributed by atoms with Crippen molar-refractivity contribution < 1.29 is 9.53 Å². The molecule has 1 amide bonds. The smallest absolute Gasteiger partial charge is 0.269 e. The van der Waals surface area contributed by atoms with Crippen molar-refractivity contribution in [2.24, 2.45) is 0 Å². The second-order valence-electron chi connectivity index (χ2n) is 7.19. The summed E-state index contributed by atoms with van der Waals surface area (Å²) < 4.78 is 5.94. The Morgan fingerprint density at radius 3 is 2.64 bits per heavy atom. The zero-order chi connectivity index (χ0) is 19.3. The molecule has 7 heteroatoms. The molecule has 28 heavy (non-hydrogen) atoms. The maximum absolute atomic E-state index is 13.4. The average molecular weight is 395 g/mol. The normalized spacial score (nSPS) is 18.4. The van der Waals surface area contributed by atoms with Gasteiger partial charge in [-0.15, -0.1) is 0 Å². The number of halogens is 1. The number of anilines is 2. The second kappa shape index (κ2) is 6.63. The summed E-state index contributed by atoms with van der Waals surface area (Å²) in [5.74, 6) is 1.96. The van der Waals surface area contributed by atoms with Crippen molar-refractivity contribution >= 4 is 40.2 Å². The van der Waals surface area contributed by atoms with E-state index in [1.807, 2.05) is 43.4 Å². The molecule has 0 saturated carbocycles. The maximum Gasteiger partial charge on any atom is 0.269 e. The fraction of sp³-hybridized carbons (Fsp3) is 0.286. The van der Waals surface area contributed by atoms with E-state index in [-0.39, 0.29) is 5.91 Å². The number of carbonyl (C=O) groups is 1. The van der Waals surface area contributed by atoms with Gasteiger partial charge in [-0.25, -0.2) is 9.97 Å². The van der Waals surface area contributed by atoms with Crippen molar-refractivity contribution in [3.63, 3.8) is 0 Å². The zero-order valence-electron chi connectivity index (χ0n) is 15.4. The van der Waals surface area contributed by atoms with Crippen LogP contribution in [0, 0.1) is 0 Å². The van der Waals surface area contributed by atoms with Crippen LogP contribution in [0.1, 0.15) is 12.0 Å². The van der Waals surface area contributed by atoms with Crippen molar-refractivity contribution in [2.75, 3.05) is 29.9 Å². The molecule has 3 aromatic rings. The van der Waals surface area contributed by atoms with Gasteiger partial charge in [0.1, 0.15) is 5.75 Å². The lowest BCUT2D eigenvalue weighted by atomic mass is 10.1. The summed E-state index contributed by atoms with van der Waals surface area (Å²) in [6.45, 7) is 1.39. The molecule has 0 radical (unpaired) electrons. The Kier molecular flexibility index (Phi) is 4.09. The number of hydrogen-bond donors (Lipinski definition) is 0. The van der Waals surface area contributed by atoms with E-state index in [0.29, 0.717) is 23.8 Å². The molecule has 6 nitrogen and oxygen atoms in total. The van der Waals surface area contributed by atoms with E-state index in [9.17, 15) is 4.79 Å². The predicted octanol–water partition coefficient (Wildman–Crippen LogP) is 3.46. The van der Waals surface area contributed by atoms with Gasteiger partial charge in [-0.3, -0.25) is 9.69 Å². The molecule has 0 aliphatic carbocycles. The van der Waals surface area contributed by atoms with Crippen molar-refractivity contribution in [3.8, 4) is 5.75 Å². The Balaban J connectivity index is 1.53. The van der Waals surface area contributed by atoms with Gasteiger partial charge >= 0.3 is 0 Å². The van der Waals surface area contributed by atoms with Crippen molar-refractivity contribution in [3.05, 3.63) is 53.1 Å². The topological polar surface area (TPSA) is 58.6 Å². The number of aromatic nitrogens is 2. The number of nitrogens with zero attached hydrogens (tertiary/aromatic N) is 4. The van der Waals surface area contributed by atoms with Crippen LogP contribution in [-0.4, -0.2) is 42.1 Å². The minimum absolute atomic E-state index is 0.0894. The maximum atomic E-state index is 13.4. The van der Waals surface area contributed by atoms with Gasteiger partial charge in [0.15, 0.2) is 17.7 Å². The van der Waals surface area contributed by atoms with Crippen LogP contribution < -0.4 is 14.5 Å². The van der Waals surface area contributed by atoms with E-state index in [4.69, 9.17) is 26.3 Å². The Morgan fingerprint density at radius 1 is 1.11 bits per heavy atom. The van der Waals surface area contributed by atoms with Gasteiger partial charge in [0.05, 0.1) is 11.0 Å². The molecule has 0 spiro atoms. The zero-order valence-corrected chi connectivity index (χ0v) is 16.2. The highest BCUT2D eigenvalue weighted by molar-refractivity contribution is 6.30. The largest absolute Gasteiger partial charge is 0.480 e. The van der Waals surface area contributed by atoms with Gasteiger partial charge in [0, 0.05) is 31.6 Å². The van der Waals surface area contributed by atoms with Gasteiger partial charge in [0.25, 0.3) is 5.91 Å². The lowest BCUT2D eigenvalue weighted by Gasteiger charge is -2.25.